The maximum Gasteiger partial charge on any atom is 0.241 e. The van der Waals surface area contributed by atoms with Gasteiger partial charge in [0.2, 0.25) is 5.91 Å². The summed E-state index contributed by atoms with van der Waals surface area (Å²) in [7, 11) is 0. The third-order valence-electron chi connectivity index (χ3n) is 4.36. The van der Waals surface area contributed by atoms with Crippen LogP contribution in [0, 0.1) is 0 Å². The number of benzene rings is 1. The average molecular weight is 376 g/mol. The minimum Gasteiger partial charge on any atom is -0.379 e. The predicted octanol–water partition coefficient (Wildman–Crippen LogP) is 2.44. The van der Waals surface area contributed by atoms with Gasteiger partial charge in [0.1, 0.15) is 0 Å². The number of nitrogens with one attached hydrogen (secondary N) is 2. The number of piperidine rings is 1. The molecule has 0 spiro atoms. The molecule has 0 aliphatic carbocycles. The van der Waals surface area contributed by atoms with Crippen LogP contribution >= 0.6 is 24.8 Å². The summed E-state index contributed by atoms with van der Waals surface area (Å²) in [6.07, 6.45) is 3.23. The van der Waals surface area contributed by atoms with Crippen LogP contribution in [0.5, 0.6) is 0 Å². The van der Waals surface area contributed by atoms with Gasteiger partial charge < -0.3 is 15.4 Å². The zero-order chi connectivity index (χ0) is 15.2. The normalized spacial score (nSPS) is 21.2. The minimum atomic E-state index is -0.0400. The zero-order valence-electron chi connectivity index (χ0n) is 13.8. The molecule has 0 aromatic heterocycles. The van der Waals surface area contributed by atoms with E-state index in [-0.39, 0.29) is 36.8 Å². The van der Waals surface area contributed by atoms with E-state index in [1.165, 1.54) is 12.0 Å². The van der Waals surface area contributed by atoms with Crippen molar-refractivity contribution < 1.29 is 9.53 Å². The van der Waals surface area contributed by atoms with Crippen LogP contribution in [0.3, 0.4) is 0 Å². The molecule has 7 heteroatoms. The largest absolute Gasteiger partial charge is 0.379 e. The fourth-order valence-electron chi connectivity index (χ4n) is 3.02. The zero-order valence-corrected chi connectivity index (χ0v) is 15.5. The van der Waals surface area contributed by atoms with Crippen molar-refractivity contribution in [3.05, 3.63) is 29.8 Å². The molecular weight excluding hydrogens is 349 g/mol. The molecule has 1 aromatic rings. The Hall–Kier alpha value is -0.850. The maximum absolute atomic E-state index is 12.2. The molecule has 2 N–H and O–H groups in total. The van der Waals surface area contributed by atoms with E-state index < -0.39 is 0 Å². The van der Waals surface area contributed by atoms with Crippen LogP contribution in [-0.2, 0) is 16.1 Å². The Labute approximate surface area is 156 Å². The van der Waals surface area contributed by atoms with Crippen LogP contribution in [0.15, 0.2) is 24.3 Å². The predicted molar refractivity (Wildman–Crippen MR) is 101 cm³/mol. The summed E-state index contributed by atoms with van der Waals surface area (Å²) in [4.78, 5) is 14.6. The second-order valence-corrected chi connectivity index (χ2v) is 6.08. The second kappa shape index (κ2) is 10.9. The summed E-state index contributed by atoms with van der Waals surface area (Å²) in [5.74, 6) is 0.0839. The van der Waals surface area contributed by atoms with Crippen molar-refractivity contribution in [2.24, 2.45) is 0 Å². The number of carbonyl (C=O) groups is 1. The third kappa shape index (κ3) is 6.22. The Morgan fingerprint density at radius 3 is 2.50 bits per heavy atom. The van der Waals surface area contributed by atoms with Gasteiger partial charge in [0.05, 0.1) is 19.3 Å². The lowest BCUT2D eigenvalue weighted by molar-refractivity contribution is -0.118. The number of halogens is 2. The van der Waals surface area contributed by atoms with Crippen molar-refractivity contribution in [2.75, 3.05) is 38.2 Å². The first kappa shape index (κ1) is 21.2. The van der Waals surface area contributed by atoms with E-state index in [9.17, 15) is 4.79 Å². The molecule has 0 bridgehead atoms. The second-order valence-electron chi connectivity index (χ2n) is 6.08. The maximum atomic E-state index is 12.2. The van der Waals surface area contributed by atoms with E-state index in [4.69, 9.17) is 4.74 Å². The van der Waals surface area contributed by atoms with E-state index in [1.807, 2.05) is 12.1 Å². The topological polar surface area (TPSA) is 53.6 Å². The van der Waals surface area contributed by atoms with Gasteiger partial charge in [0.25, 0.3) is 0 Å². The van der Waals surface area contributed by atoms with Crippen LogP contribution < -0.4 is 10.6 Å². The van der Waals surface area contributed by atoms with E-state index in [0.29, 0.717) is 0 Å². The van der Waals surface area contributed by atoms with Crippen LogP contribution in [0.2, 0.25) is 0 Å². The Balaban J connectivity index is 0.00000144. The first-order valence-corrected chi connectivity index (χ1v) is 8.24. The summed E-state index contributed by atoms with van der Waals surface area (Å²) in [5, 5.41) is 6.28. The van der Waals surface area contributed by atoms with Gasteiger partial charge in [0.15, 0.2) is 0 Å². The summed E-state index contributed by atoms with van der Waals surface area (Å²) in [5.41, 5.74) is 2.15. The Morgan fingerprint density at radius 1 is 1.17 bits per heavy atom. The van der Waals surface area contributed by atoms with Crippen LogP contribution in [0.1, 0.15) is 24.8 Å². The molecule has 2 aliphatic rings. The molecule has 1 atom stereocenters. The van der Waals surface area contributed by atoms with Gasteiger partial charge in [-0.15, -0.1) is 24.8 Å². The van der Waals surface area contributed by atoms with Crippen LogP contribution in [0.4, 0.5) is 5.69 Å². The van der Waals surface area contributed by atoms with Crippen molar-refractivity contribution in [1.82, 2.24) is 10.2 Å². The molecule has 136 valence electrons. The van der Waals surface area contributed by atoms with E-state index >= 15 is 0 Å². The van der Waals surface area contributed by atoms with Gasteiger partial charge >= 0.3 is 0 Å². The summed E-state index contributed by atoms with van der Waals surface area (Å²) in [6.45, 7) is 5.51. The van der Waals surface area contributed by atoms with Gasteiger partial charge in [-0.2, -0.15) is 0 Å². The fourth-order valence-corrected chi connectivity index (χ4v) is 3.02. The summed E-state index contributed by atoms with van der Waals surface area (Å²) < 4.78 is 5.36. The number of morpholine rings is 1. The molecule has 2 heterocycles. The number of hydrogen-bond acceptors (Lipinski definition) is 4. The van der Waals surface area contributed by atoms with E-state index in [2.05, 4.69) is 27.7 Å². The molecule has 1 aromatic carbocycles. The number of amides is 1. The molecule has 0 radical (unpaired) electrons. The van der Waals surface area contributed by atoms with Gasteiger partial charge in [-0.3, -0.25) is 9.69 Å². The molecular formula is C17H27Cl2N3O2. The van der Waals surface area contributed by atoms with Gasteiger partial charge in [-0.25, -0.2) is 0 Å². The fraction of sp³-hybridized carbons (Fsp3) is 0.588. The SMILES string of the molecule is Cl.Cl.O=C(Nc1ccc(CN2CCOCC2)cc1)C1CCCCN1. The number of ether oxygens (including phenoxy) is 1. The lowest BCUT2D eigenvalue weighted by atomic mass is 10.0. The minimum absolute atomic E-state index is 0. The molecule has 24 heavy (non-hydrogen) atoms. The van der Waals surface area contributed by atoms with E-state index in [1.54, 1.807) is 0 Å². The van der Waals surface area contributed by atoms with Crippen molar-refractivity contribution in [2.45, 2.75) is 31.8 Å². The molecule has 2 saturated heterocycles. The summed E-state index contributed by atoms with van der Waals surface area (Å²) >= 11 is 0. The Morgan fingerprint density at radius 2 is 1.88 bits per heavy atom. The highest BCUT2D eigenvalue weighted by Crippen LogP contribution is 2.14. The standard InChI is InChI=1S/C17H25N3O2.2ClH/c21-17(16-3-1-2-8-18-16)19-15-6-4-14(5-7-15)13-20-9-11-22-12-10-20;;/h4-7,16,18H,1-3,8-13H2,(H,19,21);2*1H. The third-order valence-corrected chi connectivity index (χ3v) is 4.36. The lowest BCUT2D eigenvalue weighted by Crippen LogP contribution is -2.43. The number of anilines is 1. The van der Waals surface area contributed by atoms with Gasteiger partial charge in [-0.05, 0) is 37.1 Å². The van der Waals surface area contributed by atoms with E-state index in [0.717, 1.165) is 57.9 Å². The van der Waals surface area contributed by atoms with Gasteiger partial charge in [-0.1, -0.05) is 18.6 Å². The molecule has 3 rings (SSSR count). The Kier molecular flexibility index (Phi) is 9.63. The number of hydrogen-bond donors (Lipinski definition) is 2. The van der Waals surface area contributed by atoms with Crippen molar-refractivity contribution in [3.8, 4) is 0 Å². The molecule has 1 amide bonds. The van der Waals surface area contributed by atoms with Crippen molar-refractivity contribution >= 4 is 36.4 Å². The molecule has 2 fully saturated rings. The number of nitrogens with zero attached hydrogens (tertiary/aromatic N) is 1. The average Bonchev–Trinajstić information content (AvgIpc) is 2.58. The summed E-state index contributed by atoms with van der Waals surface area (Å²) in [6, 6.07) is 8.15. The molecule has 1 unspecified atom stereocenters. The first-order chi connectivity index (χ1) is 10.8. The highest BCUT2D eigenvalue weighted by Gasteiger charge is 2.20. The molecule has 0 saturated carbocycles. The number of carbonyl (C=O) groups excluding carboxylic acids is 1. The number of rotatable bonds is 4. The highest BCUT2D eigenvalue weighted by atomic mass is 35.5. The molecule has 5 nitrogen and oxygen atoms in total. The monoisotopic (exact) mass is 375 g/mol. The molecule has 2 aliphatic heterocycles. The smallest absolute Gasteiger partial charge is 0.241 e. The van der Waals surface area contributed by atoms with Crippen molar-refractivity contribution in [1.29, 1.82) is 0 Å². The highest BCUT2D eigenvalue weighted by molar-refractivity contribution is 5.94. The van der Waals surface area contributed by atoms with Gasteiger partial charge in [0, 0.05) is 25.3 Å². The first-order valence-electron chi connectivity index (χ1n) is 8.24. The van der Waals surface area contributed by atoms with Crippen molar-refractivity contribution in [3.63, 3.8) is 0 Å². The lowest BCUT2D eigenvalue weighted by Gasteiger charge is -2.26. The Bertz CT molecular complexity index is 487. The quantitative estimate of drug-likeness (QED) is 0.848. The van der Waals surface area contributed by atoms with Crippen LogP contribution in [-0.4, -0.2) is 49.7 Å². The van der Waals surface area contributed by atoms with Crippen LogP contribution in [0.25, 0.3) is 0 Å².